The maximum atomic E-state index is 11.7. The summed E-state index contributed by atoms with van der Waals surface area (Å²) in [5, 5.41) is 0. The molecule has 0 saturated heterocycles. The van der Waals surface area contributed by atoms with Gasteiger partial charge in [-0.2, -0.15) is 0 Å². The van der Waals surface area contributed by atoms with Crippen LogP contribution < -0.4 is 15.8 Å². The van der Waals surface area contributed by atoms with E-state index in [-0.39, 0.29) is 16.7 Å². The van der Waals surface area contributed by atoms with E-state index in [1.807, 2.05) is 0 Å². The summed E-state index contributed by atoms with van der Waals surface area (Å²) in [5.41, 5.74) is 0.423. The molecule has 2 rings (SSSR count). The van der Waals surface area contributed by atoms with Crippen LogP contribution in [0.15, 0.2) is 15.9 Å². The highest BCUT2D eigenvalue weighted by molar-refractivity contribution is 7.79. The summed E-state index contributed by atoms with van der Waals surface area (Å²) in [6, 6.07) is 0. The SMILES string of the molecule is Cn1c(=O)c2c([nH]c[n+]2C)n(C)c1=O.O.O=S(=O)([O-])O. The highest BCUT2D eigenvalue weighted by atomic mass is 32.3. The van der Waals surface area contributed by atoms with Crippen LogP contribution in [0.5, 0.6) is 0 Å². The molecule has 0 radical (unpaired) electrons. The van der Waals surface area contributed by atoms with Gasteiger partial charge in [0.15, 0.2) is 0 Å². The minimum Gasteiger partial charge on any atom is -0.726 e. The molecule has 114 valence electrons. The first-order valence-electron chi connectivity index (χ1n) is 4.85. The van der Waals surface area contributed by atoms with Crippen LogP contribution in [0, 0.1) is 0 Å². The molecule has 0 aliphatic heterocycles. The topological polar surface area (TPSA) is 173 Å². The zero-order valence-electron chi connectivity index (χ0n) is 10.8. The smallest absolute Gasteiger partial charge is 0.333 e. The van der Waals surface area contributed by atoms with Gasteiger partial charge in [-0.25, -0.2) is 22.8 Å². The molecule has 0 aliphatic rings. The number of hydrogen-bond donors (Lipinski definition) is 2. The first-order valence-corrected chi connectivity index (χ1v) is 6.21. The van der Waals surface area contributed by atoms with Crippen molar-refractivity contribution in [1.29, 1.82) is 0 Å². The molecule has 12 heteroatoms. The van der Waals surface area contributed by atoms with Crippen LogP contribution in [0.2, 0.25) is 0 Å². The average molecular weight is 310 g/mol. The Balaban J connectivity index is 0.000000526. The lowest BCUT2D eigenvalue weighted by atomic mass is 10.5. The minimum atomic E-state index is -4.92. The second-order valence-electron chi connectivity index (χ2n) is 3.72. The third-order valence-electron chi connectivity index (χ3n) is 2.39. The number of nitrogens with one attached hydrogen (secondary N) is 1. The predicted molar refractivity (Wildman–Crippen MR) is 65.9 cm³/mol. The number of aromatic amines is 1. The Morgan fingerprint density at radius 2 is 1.75 bits per heavy atom. The van der Waals surface area contributed by atoms with Gasteiger partial charge in [-0.15, -0.1) is 0 Å². The molecule has 2 aromatic rings. The van der Waals surface area contributed by atoms with Crippen LogP contribution >= 0.6 is 0 Å². The van der Waals surface area contributed by atoms with Gasteiger partial charge in [-0.3, -0.25) is 18.5 Å². The first kappa shape index (κ1) is 18.0. The Labute approximate surface area is 112 Å². The molecule has 0 unspecified atom stereocenters. The van der Waals surface area contributed by atoms with Crippen molar-refractivity contribution in [3.8, 4) is 0 Å². The fraction of sp³-hybridized carbons (Fsp3) is 0.375. The maximum Gasteiger partial charge on any atom is 0.333 e. The van der Waals surface area contributed by atoms with Crippen LogP contribution in [0.3, 0.4) is 0 Å². The van der Waals surface area contributed by atoms with Crippen molar-refractivity contribution in [3.05, 3.63) is 27.2 Å². The van der Waals surface area contributed by atoms with Crippen molar-refractivity contribution in [2.75, 3.05) is 0 Å². The number of hydrogen-bond acceptors (Lipinski definition) is 5. The Bertz CT molecular complexity index is 821. The summed E-state index contributed by atoms with van der Waals surface area (Å²) in [6.07, 6.45) is 1.64. The molecule has 0 atom stereocenters. The van der Waals surface area contributed by atoms with Gasteiger partial charge in [0.2, 0.25) is 16.7 Å². The number of nitrogens with zero attached hydrogens (tertiary/aromatic N) is 3. The molecule has 11 nitrogen and oxygen atoms in total. The van der Waals surface area contributed by atoms with E-state index in [1.54, 1.807) is 25.0 Å². The quantitative estimate of drug-likeness (QED) is 0.291. The van der Waals surface area contributed by atoms with Crippen LogP contribution in [-0.2, 0) is 31.5 Å². The molecular weight excluding hydrogens is 296 g/mol. The molecule has 0 aliphatic carbocycles. The van der Waals surface area contributed by atoms with Gasteiger partial charge >= 0.3 is 11.2 Å². The molecule has 0 spiro atoms. The van der Waals surface area contributed by atoms with E-state index in [0.29, 0.717) is 11.2 Å². The summed E-state index contributed by atoms with van der Waals surface area (Å²) >= 11 is 0. The fourth-order valence-corrected chi connectivity index (χ4v) is 1.53. The number of aryl methyl sites for hydroxylation is 2. The molecule has 2 heterocycles. The fourth-order valence-electron chi connectivity index (χ4n) is 1.53. The highest BCUT2D eigenvalue weighted by Gasteiger charge is 2.17. The third kappa shape index (κ3) is 3.74. The van der Waals surface area contributed by atoms with Crippen molar-refractivity contribution < 1.29 is 27.6 Å². The number of fused-ring (bicyclic) bond motifs is 1. The number of imidazole rings is 1. The number of H-pyrrole nitrogens is 1. The van der Waals surface area contributed by atoms with Crippen LogP contribution in [0.4, 0.5) is 0 Å². The molecule has 0 bridgehead atoms. The van der Waals surface area contributed by atoms with Crippen molar-refractivity contribution in [2.24, 2.45) is 21.1 Å². The lowest BCUT2D eigenvalue weighted by Crippen LogP contribution is -2.41. The number of rotatable bonds is 0. The molecule has 0 aromatic carbocycles. The van der Waals surface area contributed by atoms with Gasteiger partial charge < -0.3 is 10.0 Å². The second kappa shape index (κ2) is 5.96. The summed E-state index contributed by atoms with van der Waals surface area (Å²) in [6.45, 7) is 0. The monoisotopic (exact) mass is 310 g/mol. The second-order valence-corrected chi connectivity index (χ2v) is 4.57. The molecule has 0 fully saturated rings. The molecule has 20 heavy (non-hydrogen) atoms. The van der Waals surface area contributed by atoms with Crippen molar-refractivity contribution in [1.82, 2.24) is 14.1 Å². The zero-order valence-corrected chi connectivity index (χ0v) is 11.6. The summed E-state index contributed by atoms with van der Waals surface area (Å²) in [4.78, 5) is 26.1. The Hall–Kier alpha value is -2.02. The first-order chi connectivity index (χ1) is 8.54. The zero-order chi connectivity index (χ0) is 15.0. The standard InChI is InChI=1S/C8H10N4O2.H2O4S.H2O/c1-10-4-9-6-5(10)7(13)12(3)8(14)11(6)2;1-5(2,3)4;/h4H,1-3H3;(H2,1,2,3,4);1H2. The largest absolute Gasteiger partial charge is 0.726 e. The van der Waals surface area contributed by atoms with E-state index >= 15 is 0 Å². The lowest BCUT2D eigenvalue weighted by Gasteiger charge is -1.99. The van der Waals surface area contributed by atoms with Gasteiger partial charge in [0.25, 0.3) is 11.2 Å². The van der Waals surface area contributed by atoms with Gasteiger partial charge in [-0.1, -0.05) is 0 Å². The van der Waals surface area contributed by atoms with Crippen LogP contribution in [0.25, 0.3) is 11.2 Å². The molecular formula is C8H14N4O7S. The van der Waals surface area contributed by atoms with Gasteiger partial charge in [0.1, 0.15) is 0 Å². The van der Waals surface area contributed by atoms with Crippen LogP contribution in [0.1, 0.15) is 0 Å². The van der Waals surface area contributed by atoms with Crippen molar-refractivity contribution in [2.45, 2.75) is 0 Å². The Morgan fingerprint density at radius 1 is 1.30 bits per heavy atom. The lowest BCUT2D eigenvalue weighted by molar-refractivity contribution is -0.645. The molecule has 4 N–H and O–H groups in total. The summed E-state index contributed by atoms with van der Waals surface area (Å²) in [5.74, 6) is 0. The predicted octanol–water partition coefficient (Wildman–Crippen LogP) is -3.43. The van der Waals surface area contributed by atoms with Gasteiger partial charge in [-0.05, 0) is 0 Å². The molecule has 0 amide bonds. The van der Waals surface area contributed by atoms with E-state index in [1.165, 1.54) is 11.6 Å². The van der Waals surface area contributed by atoms with Gasteiger partial charge in [0, 0.05) is 14.1 Å². The van der Waals surface area contributed by atoms with Crippen LogP contribution in [-0.4, -0.2) is 37.1 Å². The summed E-state index contributed by atoms with van der Waals surface area (Å²) < 4.78 is 37.0. The van der Waals surface area contributed by atoms with E-state index in [0.717, 1.165) is 4.57 Å². The normalized spacial score (nSPS) is 10.7. The highest BCUT2D eigenvalue weighted by Crippen LogP contribution is 1.95. The van der Waals surface area contributed by atoms with Crippen molar-refractivity contribution >= 4 is 21.6 Å². The van der Waals surface area contributed by atoms with E-state index in [4.69, 9.17) is 17.5 Å². The average Bonchev–Trinajstić information content (AvgIpc) is 2.63. The Kier molecular flexibility index (Phi) is 5.36. The molecule has 2 aromatic heterocycles. The van der Waals surface area contributed by atoms with E-state index < -0.39 is 10.4 Å². The summed E-state index contributed by atoms with van der Waals surface area (Å²) in [7, 11) is -0.0670. The van der Waals surface area contributed by atoms with Crippen molar-refractivity contribution in [3.63, 3.8) is 0 Å². The minimum absolute atomic E-state index is 0. The number of aromatic nitrogens is 4. The Morgan fingerprint density at radius 3 is 2.20 bits per heavy atom. The van der Waals surface area contributed by atoms with E-state index in [2.05, 4.69) is 4.98 Å². The van der Waals surface area contributed by atoms with Gasteiger partial charge in [0.05, 0.1) is 7.05 Å². The molecule has 0 saturated carbocycles. The van der Waals surface area contributed by atoms with E-state index in [9.17, 15) is 9.59 Å². The maximum absolute atomic E-state index is 11.7. The third-order valence-corrected chi connectivity index (χ3v) is 2.39.